The van der Waals surface area contributed by atoms with Gasteiger partial charge in [0, 0.05) is 52.4 Å². The molecule has 11 nitrogen and oxygen atoms in total. The molecule has 188 valence electrons. The van der Waals surface area contributed by atoms with Crippen molar-refractivity contribution in [1.82, 2.24) is 25.3 Å². The van der Waals surface area contributed by atoms with Gasteiger partial charge in [-0.15, -0.1) is 0 Å². The maximum Gasteiger partial charge on any atom is 0.317 e. The summed E-state index contributed by atoms with van der Waals surface area (Å²) in [5.74, 6) is -2.25. The third-order valence-electron chi connectivity index (χ3n) is 5.53. The summed E-state index contributed by atoms with van der Waals surface area (Å²) in [5, 5.41) is 23.6. The molecule has 1 heterocycles. The highest BCUT2D eigenvalue weighted by Gasteiger charge is 2.19. The maximum atomic E-state index is 12.0. The number of carbonyl (C=O) groups is 4. The van der Waals surface area contributed by atoms with Gasteiger partial charge in [-0.25, -0.2) is 0 Å². The van der Waals surface area contributed by atoms with Gasteiger partial charge in [-0.2, -0.15) is 0 Å². The third kappa shape index (κ3) is 10.7. The van der Waals surface area contributed by atoms with Crippen molar-refractivity contribution < 1.29 is 29.4 Å². The number of hydrogen-bond donors (Lipinski definition) is 4. The summed E-state index contributed by atoms with van der Waals surface area (Å²) >= 11 is 0. The van der Waals surface area contributed by atoms with Crippen LogP contribution in [0.15, 0.2) is 24.3 Å². The Hall–Kier alpha value is -3.02. The number of nitrogens with one attached hydrogen (secondary N) is 2. The largest absolute Gasteiger partial charge is 0.480 e. The number of benzene rings is 1. The first-order valence-corrected chi connectivity index (χ1v) is 11.5. The normalized spacial score (nSPS) is 16.1. The number of amides is 2. The standard InChI is InChI=1S/C23H35N5O6/c1-2-24-21(30)14-25-20(29)13-18-3-5-19(6-4-18)15-26-7-9-27(16-22(31)32)11-12-28(10-8-26)17-23(33)34/h3-6H,2,7-17H2,1H3,(H,24,30)(H,25,29)(H,31,32)(H,33,34). The molecule has 11 heteroatoms. The number of aliphatic carboxylic acids is 2. The van der Waals surface area contributed by atoms with E-state index in [-0.39, 0.29) is 37.9 Å². The Kier molecular flexibility index (Phi) is 11.4. The van der Waals surface area contributed by atoms with Crippen molar-refractivity contribution in [2.45, 2.75) is 19.9 Å². The Morgan fingerprint density at radius 1 is 0.735 bits per heavy atom. The van der Waals surface area contributed by atoms with E-state index in [1.54, 1.807) is 0 Å². The lowest BCUT2D eigenvalue weighted by atomic mass is 10.1. The summed E-state index contributed by atoms with van der Waals surface area (Å²) < 4.78 is 0. The number of carboxylic acids is 2. The lowest BCUT2D eigenvalue weighted by Gasteiger charge is -2.25. The number of nitrogens with zero attached hydrogens (tertiary/aromatic N) is 3. The molecule has 0 radical (unpaired) electrons. The van der Waals surface area contributed by atoms with E-state index in [1.807, 2.05) is 41.0 Å². The van der Waals surface area contributed by atoms with Gasteiger partial charge in [0.2, 0.25) is 11.8 Å². The van der Waals surface area contributed by atoms with Gasteiger partial charge < -0.3 is 20.8 Å². The molecule has 0 bridgehead atoms. The minimum Gasteiger partial charge on any atom is -0.480 e. The van der Waals surface area contributed by atoms with Crippen molar-refractivity contribution in [3.05, 3.63) is 35.4 Å². The summed E-state index contributed by atoms with van der Waals surface area (Å²) in [4.78, 5) is 51.7. The monoisotopic (exact) mass is 477 g/mol. The first kappa shape index (κ1) is 27.2. The van der Waals surface area contributed by atoms with Crippen LogP contribution in [0.1, 0.15) is 18.1 Å². The fraction of sp³-hybridized carbons (Fsp3) is 0.565. The van der Waals surface area contributed by atoms with E-state index in [1.165, 1.54) is 0 Å². The molecule has 0 saturated carbocycles. The number of rotatable bonds is 11. The van der Waals surface area contributed by atoms with Crippen molar-refractivity contribution in [2.75, 3.05) is 65.4 Å². The molecule has 0 unspecified atom stereocenters. The summed E-state index contributed by atoms with van der Waals surface area (Å²) in [7, 11) is 0. The predicted octanol–water partition coefficient (Wildman–Crippen LogP) is -0.930. The Bertz CT molecular complexity index is 804. The second-order valence-electron chi connectivity index (χ2n) is 8.34. The molecule has 1 aliphatic heterocycles. The molecule has 0 aliphatic carbocycles. The van der Waals surface area contributed by atoms with Crippen LogP contribution < -0.4 is 10.6 Å². The van der Waals surface area contributed by atoms with Crippen LogP contribution in [0.4, 0.5) is 0 Å². The summed E-state index contributed by atoms with van der Waals surface area (Å²) in [6, 6.07) is 7.65. The number of likely N-dealkylation sites (N-methyl/N-ethyl adjacent to an activating group) is 1. The second kappa shape index (κ2) is 14.3. The topological polar surface area (TPSA) is 143 Å². The molecule has 2 rings (SSSR count). The van der Waals surface area contributed by atoms with E-state index in [0.717, 1.165) is 11.1 Å². The summed E-state index contributed by atoms with van der Waals surface area (Å²) in [6.07, 6.45) is 0.178. The van der Waals surface area contributed by atoms with Gasteiger partial charge in [0.1, 0.15) is 0 Å². The zero-order valence-electron chi connectivity index (χ0n) is 19.7. The van der Waals surface area contributed by atoms with Crippen LogP contribution in [-0.2, 0) is 32.1 Å². The van der Waals surface area contributed by atoms with Gasteiger partial charge in [0.15, 0.2) is 0 Å². The fourth-order valence-electron chi connectivity index (χ4n) is 3.75. The van der Waals surface area contributed by atoms with Gasteiger partial charge in [0.05, 0.1) is 26.1 Å². The van der Waals surface area contributed by atoms with Crippen LogP contribution in [0.25, 0.3) is 0 Å². The third-order valence-corrected chi connectivity index (χ3v) is 5.53. The minimum absolute atomic E-state index is 0.0441. The van der Waals surface area contributed by atoms with Gasteiger partial charge >= 0.3 is 11.9 Å². The molecule has 0 atom stereocenters. The van der Waals surface area contributed by atoms with E-state index in [0.29, 0.717) is 52.4 Å². The quantitative estimate of drug-likeness (QED) is 0.318. The first-order chi connectivity index (χ1) is 16.2. The molecule has 1 aromatic rings. The smallest absolute Gasteiger partial charge is 0.317 e. The highest BCUT2D eigenvalue weighted by molar-refractivity contribution is 5.85. The van der Waals surface area contributed by atoms with E-state index in [9.17, 15) is 29.4 Å². The van der Waals surface area contributed by atoms with Crippen LogP contribution in [0, 0.1) is 0 Å². The Balaban J connectivity index is 1.93. The highest BCUT2D eigenvalue weighted by Crippen LogP contribution is 2.10. The lowest BCUT2D eigenvalue weighted by molar-refractivity contribution is -0.140. The number of carbonyl (C=O) groups excluding carboxylic acids is 2. The average Bonchev–Trinajstić information content (AvgIpc) is 2.85. The zero-order chi connectivity index (χ0) is 24.9. The zero-order valence-corrected chi connectivity index (χ0v) is 19.7. The predicted molar refractivity (Wildman–Crippen MR) is 125 cm³/mol. The van der Waals surface area contributed by atoms with Gasteiger partial charge in [0.25, 0.3) is 0 Å². The Labute approximate surface area is 199 Å². The highest BCUT2D eigenvalue weighted by atomic mass is 16.4. The average molecular weight is 478 g/mol. The van der Waals surface area contributed by atoms with Crippen molar-refractivity contribution in [3.8, 4) is 0 Å². The second-order valence-corrected chi connectivity index (χ2v) is 8.34. The Morgan fingerprint density at radius 2 is 1.21 bits per heavy atom. The van der Waals surface area contributed by atoms with Crippen LogP contribution in [0.5, 0.6) is 0 Å². The molecular weight excluding hydrogens is 442 g/mol. The van der Waals surface area contributed by atoms with Crippen LogP contribution in [-0.4, -0.2) is 114 Å². The van der Waals surface area contributed by atoms with Crippen LogP contribution in [0.2, 0.25) is 0 Å². The maximum absolute atomic E-state index is 12.0. The van der Waals surface area contributed by atoms with Crippen molar-refractivity contribution in [1.29, 1.82) is 0 Å². The molecule has 34 heavy (non-hydrogen) atoms. The lowest BCUT2D eigenvalue weighted by Crippen LogP contribution is -2.40. The van der Waals surface area contributed by atoms with Gasteiger partial charge in [-0.1, -0.05) is 24.3 Å². The molecule has 4 N–H and O–H groups in total. The number of hydrogen-bond acceptors (Lipinski definition) is 7. The van der Waals surface area contributed by atoms with Gasteiger partial charge in [-0.05, 0) is 18.1 Å². The molecular formula is C23H35N5O6. The molecule has 1 aliphatic rings. The van der Waals surface area contributed by atoms with Gasteiger partial charge in [-0.3, -0.25) is 33.9 Å². The molecule has 0 aromatic heterocycles. The van der Waals surface area contributed by atoms with Crippen LogP contribution in [0.3, 0.4) is 0 Å². The first-order valence-electron chi connectivity index (χ1n) is 11.5. The molecule has 2 amide bonds. The molecule has 0 spiro atoms. The molecule has 1 fully saturated rings. The minimum atomic E-state index is -0.902. The van der Waals surface area contributed by atoms with Crippen LogP contribution >= 0.6 is 0 Å². The summed E-state index contributed by atoms with van der Waals surface area (Å²) in [6.45, 7) is 6.26. The SMILES string of the molecule is CCNC(=O)CNC(=O)Cc1ccc(CN2CCN(CC(=O)O)CCN(CC(=O)O)CC2)cc1. The molecule has 1 saturated heterocycles. The van der Waals surface area contributed by atoms with Crippen molar-refractivity contribution >= 4 is 23.8 Å². The fourth-order valence-corrected chi connectivity index (χ4v) is 3.75. The molecule has 1 aromatic carbocycles. The van der Waals surface area contributed by atoms with Crippen molar-refractivity contribution in [3.63, 3.8) is 0 Å². The van der Waals surface area contributed by atoms with E-state index in [4.69, 9.17) is 0 Å². The number of carboxylic acid groups (broad SMARTS) is 2. The summed E-state index contributed by atoms with van der Waals surface area (Å²) in [5.41, 5.74) is 1.88. The van der Waals surface area contributed by atoms with E-state index < -0.39 is 11.9 Å². The van der Waals surface area contributed by atoms with E-state index >= 15 is 0 Å². The van der Waals surface area contributed by atoms with E-state index in [2.05, 4.69) is 15.5 Å². The Morgan fingerprint density at radius 3 is 1.68 bits per heavy atom. The van der Waals surface area contributed by atoms with Crippen molar-refractivity contribution in [2.24, 2.45) is 0 Å².